The predicted molar refractivity (Wildman–Crippen MR) is 118 cm³/mol. The molecule has 29 heavy (non-hydrogen) atoms. The number of benzene rings is 2. The molecule has 0 saturated heterocycles. The van der Waals surface area contributed by atoms with Gasteiger partial charge in [0.25, 0.3) is 0 Å². The van der Waals surface area contributed by atoms with Gasteiger partial charge < -0.3 is 9.84 Å². The van der Waals surface area contributed by atoms with Crippen LogP contribution < -0.4 is 20.7 Å². The normalized spacial score (nSPS) is 20.2. The van der Waals surface area contributed by atoms with Crippen LogP contribution in [0.5, 0.6) is 11.5 Å². The second kappa shape index (κ2) is 8.34. The number of aromatic hydroxyl groups is 1. The summed E-state index contributed by atoms with van der Waals surface area (Å²) in [6.45, 7) is 6.30. The molecule has 1 aliphatic rings. The number of phenolic OH excluding ortho intramolecular Hbond substituents is 1. The number of fused-ring (bicyclic) bond motifs is 1. The number of hydrogen-bond donors (Lipinski definition) is 4. The molecule has 2 aromatic carbocycles. The molecular weight excluding hydrogens is 362 g/mol. The molecule has 0 saturated carbocycles. The molecule has 0 spiro atoms. The zero-order valence-corrected chi connectivity index (χ0v) is 18.6. The van der Waals surface area contributed by atoms with Gasteiger partial charge in [0.15, 0.2) is 5.72 Å². The molecule has 0 unspecified atom stereocenters. The monoisotopic (exact) mass is 397 g/mol. The summed E-state index contributed by atoms with van der Waals surface area (Å²) < 4.78 is 6.68. The highest BCUT2D eigenvalue weighted by molar-refractivity contribution is 5.49. The Kier molecular flexibility index (Phi) is 6.22. The molecule has 1 heterocycles. The van der Waals surface area contributed by atoms with Crippen molar-refractivity contribution in [2.24, 2.45) is 0 Å². The lowest BCUT2D eigenvalue weighted by Gasteiger charge is -2.49. The molecule has 0 amide bonds. The van der Waals surface area contributed by atoms with Crippen LogP contribution in [0.2, 0.25) is 0 Å². The van der Waals surface area contributed by atoms with Gasteiger partial charge in [-0.2, -0.15) is 0 Å². The van der Waals surface area contributed by atoms with Gasteiger partial charge in [-0.1, -0.05) is 26.8 Å². The third-order valence-electron chi connectivity index (χ3n) is 6.46. The first-order chi connectivity index (χ1) is 13.9. The minimum Gasteiger partial charge on any atom is -0.507 e. The van der Waals surface area contributed by atoms with Gasteiger partial charge in [-0.05, 0) is 81.4 Å². The number of hydrogen-bond acceptors (Lipinski definition) is 5. The molecule has 0 radical (unpaired) electrons. The molecule has 1 atom stereocenters. The summed E-state index contributed by atoms with van der Waals surface area (Å²) in [7, 11) is 5.90. The van der Waals surface area contributed by atoms with Crippen molar-refractivity contribution in [3.63, 3.8) is 0 Å². The molecule has 4 N–H and O–H groups in total. The topological polar surface area (TPSA) is 65.5 Å². The second-order valence-corrected chi connectivity index (χ2v) is 7.80. The first-order valence-electron chi connectivity index (χ1n) is 10.7. The third kappa shape index (κ3) is 3.52. The van der Waals surface area contributed by atoms with Crippen molar-refractivity contribution < 1.29 is 9.84 Å². The van der Waals surface area contributed by atoms with Crippen LogP contribution in [0.3, 0.4) is 0 Å². The smallest absolute Gasteiger partial charge is 0.190 e. The van der Waals surface area contributed by atoms with E-state index < -0.39 is 11.4 Å². The molecule has 158 valence electrons. The Morgan fingerprint density at radius 1 is 0.897 bits per heavy atom. The van der Waals surface area contributed by atoms with E-state index in [2.05, 4.69) is 67.1 Å². The van der Waals surface area contributed by atoms with E-state index in [-0.39, 0.29) is 0 Å². The van der Waals surface area contributed by atoms with E-state index in [0.29, 0.717) is 12.2 Å². The summed E-state index contributed by atoms with van der Waals surface area (Å²) in [5.74, 6) is 1.26. The highest BCUT2D eigenvalue weighted by Crippen LogP contribution is 2.46. The number of ether oxygens (including phenoxy) is 1. The number of nitrogens with one attached hydrogen (secondary N) is 3. The Morgan fingerprint density at radius 2 is 1.52 bits per heavy atom. The van der Waals surface area contributed by atoms with Crippen molar-refractivity contribution in [1.29, 1.82) is 0 Å². The van der Waals surface area contributed by atoms with E-state index in [1.54, 1.807) is 0 Å². The van der Waals surface area contributed by atoms with Crippen LogP contribution in [-0.4, -0.2) is 26.2 Å². The van der Waals surface area contributed by atoms with Gasteiger partial charge in [0.05, 0.1) is 0 Å². The number of aryl methyl sites for hydroxylation is 3. The summed E-state index contributed by atoms with van der Waals surface area (Å²) in [5, 5.41) is 21.1. The maximum atomic E-state index is 10.6. The highest BCUT2D eigenvalue weighted by atomic mass is 16.5. The average molecular weight is 398 g/mol. The lowest BCUT2D eigenvalue weighted by atomic mass is 9.81. The van der Waals surface area contributed by atoms with Gasteiger partial charge in [0.1, 0.15) is 17.2 Å². The van der Waals surface area contributed by atoms with E-state index >= 15 is 0 Å². The minimum absolute atomic E-state index is 0.405. The molecule has 1 aliphatic heterocycles. The Bertz CT molecular complexity index is 851. The van der Waals surface area contributed by atoms with Gasteiger partial charge in [-0.15, -0.1) is 0 Å². The third-order valence-corrected chi connectivity index (χ3v) is 6.46. The van der Waals surface area contributed by atoms with Gasteiger partial charge in [0, 0.05) is 17.5 Å². The molecule has 3 rings (SSSR count). The van der Waals surface area contributed by atoms with E-state index in [9.17, 15) is 5.11 Å². The van der Waals surface area contributed by atoms with E-state index in [1.807, 2.05) is 21.1 Å². The summed E-state index contributed by atoms with van der Waals surface area (Å²) in [6, 6.07) is 10.6. The number of rotatable bonds is 7. The molecule has 0 bridgehead atoms. The van der Waals surface area contributed by atoms with Crippen LogP contribution in [0, 0.1) is 0 Å². The summed E-state index contributed by atoms with van der Waals surface area (Å²) in [4.78, 5) is 0. The fraction of sp³-hybridized carbons (Fsp3) is 0.500. The molecular formula is C24H35N3O2. The van der Waals surface area contributed by atoms with Gasteiger partial charge in [0.2, 0.25) is 0 Å². The Morgan fingerprint density at radius 3 is 2.00 bits per heavy atom. The molecule has 0 fully saturated rings. The molecule has 5 heteroatoms. The van der Waals surface area contributed by atoms with Crippen LogP contribution in [0.1, 0.15) is 55.0 Å². The maximum Gasteiger partial charge on any atom is 0.190 e. The van der Waals surface area contributed by atoms with E-state index in [1.165, 1.54) is 5.56 Å². The summed E-state index contributed by atoms with van der Waals surface area (Å²) in [6.07, 6.45) is 3.17. The van der Waals surface area contributed by atoms with Gasteiger partial charge in [-0.25, -0.2) is 0 Å². The van der Waals surface area contributed by atoms with Gasteiger partial charge >= 0.3 is 0 Å². The fourth-order valence-electron chi connectivity index (χ4n) is 4.46. The van der Waals surface area contributed by atoms with Crippen molar-refractivity contribution in [3.05, 3.63) is 58.1 Å². The average Bonchev–Trinajstić information content (AvgIpc) is 2.77. The summed E-state index contributed by atoms with van der Waals surface area (Å²) >= 11 is 0. The van der Waals surface area contributed by atoms with Crippen molar-refractivity contribution >= 4 is 0 Å². The molecule has 2 aromatic rings. The zero-order chi connectivity index (χ0) is 21.2. The minimum atomic E-state index is -0.728. The van der Waals surface area contributed by atoms with Crippen molar-refractivity contribution in [1.82, 2.24) is 16.0 Å². The van der Waals surface area contributed by atoms with Crippen LogP contribution in [0.4, 0.5) is 0 Å². The van der Waals surface area contributed by atoms with E-state index in [0.717, 1.165) is 47.3 Å². The predicted octanol–water partition coefficient (Wildman–Crippen LogP) is 3.53. The molecule has 5 nitrogen and oxygen atoms in total. The van der Waals surface area contributed by atoms with Crippen LogP contribution in [0.25, 0.3) is 0 Å². The highest BCUT2D eigenvalue weighted by Gasteiger charge is 2.49. The summed E-state index contributed by atoms with van der Waals surface area (Å²) in [5.41, 5.74) is 4.16. The maximum absolute atomic E-state index is 10.6. The largest absolute Gasteiger partial charge is 0.507 e. The lowest BCUT2D eigenvalue weighted by Crippen LogP contribution is -2.62. The zero-order valence-electron chi connectivity index (χ0n) is 18.6. The Hall–Kier alpha value is -2.08. The SMILES string of the molecule is CCc1ccc2c(c1)C(NC)(NC)C[C@](NC)(c1cc(CC)c(O)c(CC)c1)O2. The van der Waals surface area contributed by atoms with Gasteiger partial charge in [-0.3, -0.25) is 16.0 Å². The Balaban J connectivity index is 2.22. The van der Waals surface area contributed by atoms with Crippen molar-refractivity contribution in [2.75, 3.05) is 21.1 Å². The molecule has 0 aliphatic carbocycles. The van der Waals surface area contributed by atoms with Crippen LogP contribution in [-0.2, 0) is 30.7 Å². The standard InChI is InChI=1S/C24H35N3O2/c1-7-16-10-11-21-20(12-16)23(25-4,26-5)15-24(27-6,29-21)19-13-17(8-2)22(28)18(9-3)14-19/h10-14,25-28H,7-9,15H2,1-6H3/t24-/m1/s1. The quantitative estimate of drug-likeness (QED) is 0.539. The van der Waals surface area contributed by atoms with E-state index in [4.69, 9.17) is 4.74 Å². The van der Waals surface area contributed by atoms with Crippen molar-refractivity contribution in [3.8, 4) is 11.5 Å². The number of phenols is 1. The Labute approximate surface area is 174 Å². The van der Waals surface area contributed by atoms with Crippen LogP contribution in [0.15, 0.2) is 30.3 Å². The first-order valence-corrected chi connectivity index (χ1v) is 10.7. The van der Waals surface area contributed by atoms with Crippen molar-refractivity contribution in [2.45, 2.75) is 57.8 Å². The first kappa shape index (κ1) is 21.6. The fourth-order valence-corrected chi connectivity index (χ4v) is 4.46. The second-order valence-electron chi connectivity index (χ2n) is 7.80. The molecule has 0 aromatic heterocycles. The van der Waals surface area contributed by atoms with Crippen LogP contribution >= 0.6 is 0 Å². The lowest BCUT2D eigenvalue weighted by molar-refractivity contribution is -0.0316.